The van der Waals surface area contributed by atoms with Crippen LogP contribution in [0.15, 0.2) is 22.7 Å². The number of halogens is 1. The minimum atomic E-state index is -0.339. The fourth-order valence-electron chi connectivity index (χ4n) is 2.55. The number of ether oxygens (including phenoxy) is 1. The highest BCUT2D eigenvalue weighted by Crippen LogP contribution is 2.35. The van der Waals surface area contributed by atoms with E-state index in [1.807, 2.05) is 6.07 Å². The van der Waals surface area contributed by atoms with E-state index in [1.165, 1.54) is 0 Å². The number of nitro benzene ring substituents is 1. The fraction of sp³-hybridized carbons (Fsp3) is 0.600. The summed E-state index contributed by atoms with van der Waals surface area (Å²) in [6.07, 6.45) is 1.51. The predicted molar refractivity (Wildman–Crippen MR) is 85.4 cm³/mol. The topological polar surface area (TPSA) is 64.4 Å². The van der Waals surface area contributed by atoms with Crippen LogP contribution in [0.4, 0.5) is 5.69 Å². The van der Waals surface area contributed by atoms with Gasteiger partial charge in [0.05, 0.1) is 16.6 Å². The molecule has 116 valence electrons. The molecule has 2 rings (SSSR count). The molecule has 0 bridgehead atoms. The van der Waals surface area contributed by atoms with Gasteiger partial charge in [0.2, 0.25) is 0 Å². The summed E-state index contributed by atoms with van der Waals surface area (Å²) in [4.78, 5) is 10.9. The standard InChI is InChI=1S/C15H21BrN2O3/c1-10(2)9-17-12-5-6-21-15(8-12)13-4-3-11(16)7-14(13)18(19)20/h3-4,7,10,12,15,17H,5-6,8-9H2,1-2H3. The highest BCUT2D eigenvalue weighted by molar-refractivity contribution is 9.10. The minimum Gasteiger partial charge on any atom is -0.373 e. The van der Waals surface area contributed by atoms with Crippen LogP contribution in [0.2, 0.25) is 0 Å². The first kappa shape index (κ1) is 16.4. The number of nitro groups is 1. The number of nitrogens with one attached hydrogen (secondary N) is 1. The van der Waals surface area contributed by atoms with Crippen LogP contribution < -0.4 is 5.32 Å². The lowest BCUT2D eigenvalue weighted by Crippen LogP contribution is -2.38. The summed E-state index contributed by atoms with van der Waals surface area (Å²) in [6.45, 7) is 5.93. The van der Waals surface area contributed by atoms with Gasteiger partial charge in [-0.3, -0.25) is 10.1 Å². The summed E-state index contributed by atoms with van der Waals surface area (Å²) in [5.41, 5.74) is 0.790. The zero-order chi connectivity index (χ0) is 15.4. The third-order valence-corrected chi connectivity index (χ3v) is 4.13. The highest BCUT2D eigenvalue weighted by atomic mass is 79.9. The summed E-state index contributed by atoms with van der Waals surface area (Å²) >= 11 is 3.28. The van der Waals surface area contributed by atoms with Gasteiger partial charge in [-0.05, 0) is 37.4 Å². The second kappa shape index (κ2) is 7.33. The number of hydrogen-bond acceptors (Lipinski definition) is 4. The molecule has 0 saturated carbocycles. The van der Waals surface area contributed by atoms with Crippen molar-refractivity contribution in [3.05, 3.63) is 38.3 Å². The van der Waals surface area contributed by atoms with Gasteiger partial charge in [0.1, 0.15) is 0 Å². The zero-order valence-corrected chi connectivity index (χ0v) is 13.9. The largest absolute Gasteiger partial charge is 0.373 e. The van der Waals surface area contributed by atoms with E-state index in [4.69, 9.17) is 4.74 Å². The maximum atomic E-state index is 11.2. The molecule has 1 aliphatic rings. The van der Waals surface area contributed by atoms with Gasteiger partial charge in [0, 0.05) is 23.2 Å². The van der Waals surface area contributed by atoms with Crippen LogP contribution in [0.5, 0.6) is 0 Å². The van der Waals surface area contributed by atoms with E-state index in [1.54, 1.807) is 12.1 Å². The van der Waals surface area contributed by atoms with Crippen LogP contribution in [-0.2, 0) is 4.74 Å². The second-order valence-corrected chi connectivity index (χ2v) is 6.76. The van der Waals surface area contributed by atoms with Crippen molar-refractivity contribution in [2.75, 3.05) is 13.2 Å². The van der Waals surface area contributed by atoms with Gasteiger partial charge >= 0.3 is 0 Å². The van der Waals surface area contributed by atoms with Crippen molar-refractivity contribution in [2.45, 2.75) is 38.8 Å². The molecule has 0 aromatic heterocycles. The molecule has 1 saturated heterocycles. The lowest BCUT2D eigenvalue weighted by molar-refractivity contribution is -0.386. The van der Waals surface area contributed by atoms with E-state index in [0.29, 0.717) is 28.6 Å². The first-order chi connectivity index (χ1) is 9.97. The van der Waals surface area contributed by atoms with Gasteiger partial charge < -0.3 is 10.1 Å². The summed E-state index contributed by atoms with van der Waals surface area (Å²) in [7, 11) is 0. The molecule has 1 N–H and O–H groups in total. The predicted octanol–water partition coefficient (Wildman–Crippen LogP) is 3.82. The third kappa shape index (κ3) is 4.49. The maximum absolute atomic E-state index is 11.2. The average molecular weight is 357 g/mol. The van der Waals surface area contributed by atoms with Crippen molar-refractivity contribution in [1.82, 2.24) is 5.32 Å². The van der Waals surface area contributed by atoms with Crippen molar-refractivity contribution in [3.63, 3.8) is 0 Å². The molecular formula is C15H21BrN2O3. The maximum Gasteiger partial charge on any atom is 0.276 e. The van der Waals surface area contributed by atoms with E-state index in [2.05, 4.69) is 35.1 Å². The molecule has 5 nitrogen and oxygen atoms in total. The molecule has 0 amide bonds. The van der Waals surface area contributed by atoms with Gasteiger partial charge in [0.25, 0.3) is 5.69 Å². The first-order valence-electron chi connectivity index (χ1n) is 7.26. The lowest BCUT2D eigenvalue weighted by atomic mass is 9.96. The Hall–Kier alpha value is -0.980. The Morgan fingerprint density at radius 3 is 2.95 bits per heavy atom. The monoisotopic (exact) mass is 356 g/mol. The summed E-state index contributed by atoms with van der Waals surface area (Å²) in [6, 6.07) is 5.52. The quantitative estimate of drug-likeness (QED) is 0.643. The normalized spacial score (nSPS) is 22.5. The molecule has 1 aliphatic heterocycles. The van der Waals surface area contributed by atoms with Crippen LogP contribution in [0.3, 0.4) is 0 Å². The minimum absolute atomic E-state index is 0.124. The lowest BCUT2D eigenvalue weighted by Gasteiger charge is -2.30. The fourth-order valence-corrected chi connectivity index (χ4v) is 2.90. The highest BCUT2D eigenvalue weighted by Gasteiger charge is 2.29. The van der Waals surface area contributed by atoms with Crippen LogP contribution in [0.25, 0.3) is 0 Å². The number of nitrogens with zero attached hydrogens (tertiary/aromatic N) is 1. The Kier molecular flexibility index (Phi) is 5.72. The van der Waals surface area contributed by atoms with E-state index in [-0.39, 0.29) is 16.7 Å². The molecule has 0 aliphatic carbocycles. The van der Waals surface area contributed by atoms with Crippen molar-refractivity contribution in [1.29, 1.82) is 0 Å². The molecule has 1 aromatic rings. The molecule has 2 unspecified atom stereocenters. The van der Waals surface area contributed by atoms with Crippen LogP contribution in [0.1, 0.15) is 38.4 Å². The third-order valence-electron chi connectivity index (χ3n) is 3.63. The number of hydrogen-bond donors (Lipinski definition) is 1. The molecule has 1 fully saturated rings. The molecule has 21 heavy (non-hydrogen) atoms. The Morgan fingerprint density at radius 2 is 2.29 bits per heavy atom. The Labute approximate surface area is 133 Å². The van der Waals surface area contributed by atoms with Gasteiger partial charge in [-0.15, -0.1) is 0 Å². The van der Waals surface area contributed by atoms with E-state index in [0.717, 1.165) is 19.4 Å². The summed E-state index contributed by atoms with van der Waals surface area (Å²) in [5.74, 6) is 0.591. The van der Waals surface area contributed by atoms with Crippen LogP contribution in [0, 0.1) is 16.0 Å². The molecular weight excluding hydrogens is 336 g/mol. The number of rotatable bonds is 5. The molecule has 2 atom stereocenters. The van der Waals surface area contributed by atoms with E-state index < -0.39 is 0 Å². The van der Waals surface area contributed by atoms with Gasteiger partial charge in [0.15, 0.2) is 0 Å². The number of benzene rings is 1. The molecule has 0 spiro atoms. The van der Waals surface area contributed by atoms with Crippen molar-refractivity contribution >= 4 is 21.6 Å². The van der Waals surface area contributed by atoms with Gasteiger partial charge in [-0.1, -0.05) is 29.8 Å². The first-order valence-corrected chi connectivity index (χ1v) is 8.05. The Morgan fingerprint density at radius 1 is 1.52 bits per heavy atom. The summed E-state index contributed by atoms with van der Waals surface area (Å²) in [5, 5.41) is 14.7. The summed E-state index contributed by atoms with van der Waals surface area (Å²) < 4.78 is 6.48. The molecule has 1 aromatic carbocycles. The zero-order valence-electron chi connectivity index (χ0n) is 12.3. The smallest absolute Gasteiger partial charge is 0.276 e. The van der Waals surface area contributed by atoms with Crippen molar-refractivity contribution in [3.8, 4) is 0 Å². The second-order valence-electron chi connectivity index (χ2n) is 5.84. The molecule has 1 heterocycles. The van der Waals surface area contributed by atoms with Crippen molar-refractivity contribution < 1.29 is 9.66 Å². The van der Waals surface area contributed by atoms with Gasteiger partial charge in [-0.2, -0.15) is 0 Å². The van der Waals surface area contributed by atoms with E-state index in [9.17, 15) is 10.1 Å². The molecule has 6 heteroatoms. The Bertz CT molecular complexity index is 508. The van der Waals surface area contributed by atoms with Crippen LogP contribution in [-0.4, -0.2) is 24.1 Å². The molecule has 0 radical (unpaired) electrons. The van der Waals surface area contributed by atoms with E-state index >= 15 is 0 Å². The van der Waals surface area contributed by atoms with Crippen molar-refractivity contribution in [2.24, 2.45) is 5.92 Å². The SMILES string of the molecule is CC(C)CNC1CCOC(c2ccc(Br)cc2[N+](=O)[O-])C1. The van der Waals surface area contributed by atoms with Crippen LogP contribution >= 0.6 is 15.9 Å². The van der Waals surface area contributed by atoms with Gasteiger partial charge in [-0.25, -0.2) is 0 Å². The average Bonchev–Trinajstić information content (AvgIpc) is 2.45. The Balaban J connectivity index is 2.12.